The molecule has 1 aliphatic rings. The molecule has 0 radical (unpaired) electrons. The first-order valence-corrected chi connectivity index (χ1v) is 8.66. The highest BCUT2D eigenvalue weighted by Gasteiger charge is 2.16. The minimum Gasteiger partial charge on any atom is -0.454 e. The van der Waals surface area contributed by atoms with E-state index in [-0.39, 0.29) is 18.9 Å². The Kier molecular flexibility index (Phi) is 5.22. The van der Waals surface area contributed by atoms with Crippen LogP contribution in [0.2, 0.25) is 0 Å². The van der Waals surface area contributed by atoms with Crippen LogP contribution in [0.15, 0.2) is 35.0 Å². The lowest BCUT2D eigenvalue weighted by Crippen LogP contribution is -2.40. The molecular formula is C17H21N3O3S. The Balaban J connectivity index is 1.49. The molecule has 2 N–H and O–H groups in total. The fourth-order valence-corrected chi connectivity index (χ4v) is 3.26. The molecule has 3 rings (SSSR count). The normalized spacial score (nSPS) is 13.8. The van der Waals surface area contributed by atoms with Gasteiger partial charge in [-0.05, 0) is 54.2 Å². The van der Waals surface area contributed by atoms with Crippen molar-refractivity contribution in [1.29, 1.82) is 0 Å². The average Bonchev–Trinajstić information content (AvgIpc) is 3.23. The molecule has 0 saturated carbocycles. The van der Waals surface area contributed by atoms with E-state index in [2.05, 4.69) is 27.0 Å². The number of carbonyl (C=O) groups is 1. The number of benzene rings is 1. The van der Waals surface area contributed by atoms with Gasteiger partial charge in [0.2, 0.25) is 6.79 Å². The second-order valence-corrected chi connectivity index (χ2v) is 6.57. The number of hydrogen-bond acceptors (Lipinski definition) is 5. The molecule has 24 heavy (non-hydrogen) atoms. The van der Waals surface area contributed by atoms with Crippen molar-refractivity contribution in [3.05, 3.63) is 46.2 Å². The lowest BCUT2D eigenvalue weighted by Gasteiger charge is -2.24. The van der Waals surface area contributed by atoms with Crippen molar-refractivity contribution in [3.8, 4) is 11.5 Å². The van der Waals surface area contributed by atoms with Crippen molar-refractivity contribution in [2.75, 3.05) is 27.4 Å². The van der Waals surface area contributed by atoms with Gasteiger partial charge in [0, 0.05) is 13.1 Å². The van der Waals surface area contributed by atoms with Crippen molar-refractivity contribution in [2.45, 2.75) is 12.6 Å². The Morgan fingerprint density at radius 3 is 2.83 bits per heavy atom. The van der Waals surface area contributed by atoms with Crippen LogP contribution < -0.4 is 20.1 Å². The van der Waals surface area contributed by atoms with Crippen LogP contribution in [0, 0.1) is 0 Å². The molecule has 0 aliphatic carbocycles. The molecule has 1 aromatic heterocycles. The smallest absolute Gasteiger partial charge is 0.315 e. The summed E-state index contributed by atoms with van der Waals surface area (Å²) in [6.07, 6.45) is 0. The zero-order valence-corrected chi connectivity index (χ0v) is 14.6. The monoisotopic (exact) mass is 347 g/mol. The van der Waals surface area contributed by atoms with E-state index < -0.39 is 0 Å². The summed E-state index contributed by atoms with van der Waals surface area (Å²) < 4.78 is 10.6. The first kappa shape index (κ1) is 16.6. The Morgan fingerprint density at radius 2 is 2.08 bits per heavy atom. The molecular weight excluding hydrogens is 326 g/mol. The Labute approximate surface area is 145 Å². The number of likely N-dealkylation sites (N-methyl/N-ethyl adjacent to an activating group) is 1. The molecule has 2 heterocycles. The van der Waals surface area contributed by atoms with Crippen LogP contribution in [0.25, 0.3) is 0 Å². The number of amides is 2. The zero-order valence-electron chi connectivity index (χ0n) is 13.7. The number of rotatable bonds is 6. The van der Waals surface area contributed by atoms with Crippen LogP contribution in [0.1, 0.15) is 17.2 Å². The number of nitrogens with one attached hydrogen (secondary N) is 2. The Morgan fingerprint density at radius 1 is 1.25 bits per heavy atom. The molecule has 1 aromatic carbocycles. The second kappa shape index (κ2) is 7.55. The van der Waals surface area contributed by atoms with Crippen LogP contribution in [-0.4, -0.2) is 38.4 Å². The third-order valence-corrected chi connectivity index (χ3v) is 4.60. The summed E-state index contributed by atoms with van der Waals surface area (Å²) in [4.78, 5) is 14.2. The average molecular weight is 347 g/mol. The van der Waals surface area contributed by atoms with Crippen LogP contribution in [0.5, 0.6) is 11.5 Å². The van der Waals surface area contributed by atoms with Crippen molar-refractivity contribution in [1.82, 2.24) is 15.5 Å². The minimum atomic E-state index is -0.185. The number of nitrogens with zero attached hydrogens (tertiary/aromatic N) is 1. The maximum absolute atomic E-state index is 12.1. The van der Waals surface area contributed by atoms with E-state index in [1.165, 1.54) is 5.56 Å². The maximum Gasteiger partial charge on any atom is 0.315 e. The van der Waals surface area contributed by atoms with Crippen molar-refractivity contribution >= 4 is 17.4 Å². The molecule has 0 spiro atoms. The zero-order chi connectivity index (χ0) is 16.9. The van der Waals surface area contributed by atoms with E-state index in [0.717, 1.165) is 17.1 Å². The van der Waals surface area contributed by atoms with Gasteiger partial charge in [-0.25, -0.2) is 4.79 Å². The number of carbonyl (C=O) groups excluding carboxylic acids is 1. The molecule has 2 aromatic rings. The molecule has 1 aliphatic heterocycles. The van der Waals surface area contributed by atoms with E-state index in [0.29, 0.717) is 13.1 Å². The van der Waals surface area contributed by atoms with Gasteiger partial charge in [-0.2, -0.15) is 11.3 Å². The number of thiophene rings is 1. The first-order chi connectivity index (χ1) is 11.6. The second-order valence-electron chi connectivity index (χ2n) is 5.79. The summed E-state index contributed by atoms with van der Waals surface area (Å²) in [6.45, 7) is 1.24. The van der Waals surface area contributed by atoms with Gasteiger partial charge in [0.25, 0.3) is 0 Å². The summed E-state index contributed by atoms with van der Waals surface area (Å²) in [7, 11) is 4.02. The standard InChI is InChI=1S/C17H21N3O3S/c1-20(2)14(13-5-6-24-10-13)9-19-17(21)18-8-12-3-4-15-16(7-12)23-11-22-15/h3-7,10,14H,8-9,11H2,1-2H3,(H2,18,19,21). The molecule has 2 amide bonds. The van der Waals surface area contributed by atoms with Crippen molar-refractivity contribution in [3.63, 3.8) is 0 Å². The van der Waals surface area contributed by atoms with Crippen molar-refractivity contribution < 1.29 is 14.3 Å². The summed E-state index contributed by atoms with van der Waals surface area (Å²) in [6, 6.07) is 7.72. The number of fused-ring (bicyclic) bond motifs is 1. The molecule has 0 saturated heterocycles. The van der Waals surface area contributed by atoms with Crippen molar-refractivity contribution in [2.24, 2.45) is 0 Å². The molecule has 1 unspecified atom stereocenters. The van der Waals surface area contributed by atoms with Crippen LogP contribution in [0.3, 0.4) is 0 Å². The van der Waals surface area contributed by atoms with Gasteiger partial charge in [0.1, 0.15) is 0 Å². The minimum absolute atomic E-state index is 0.160. The summed E-state index contributed by atoms with van der Waals surface area (Å²) in [5.41, 5.74) is 2.18. The highest BCUT2D eigenvalue weighted by molar-refractivity contribution is 7.07. The van der Waals surface area contributed by atoms with Crippen LogP contribution >= 0.6 is 11.3 Å². The Bertz CT molecular complexity index is 688. The van der Waals surface area contributed by atoms with Crippen LogP contribution in [-0.2, 0) is 6.54 Å². The highest BCUT2D eigenvalue weighted by atomic mass is 32.1. The van der Waals surface area contributed by atoms with Gasteiger partial charge >= 0.3 is 6.03 Å². The number of hydrogen-bond donors (Lipinski definition) is 2. The van der Waals surface area contributed by atoms with E-state index in [4.69, 9.17) is 9.47 Å². The van der Waals surface area contributed by atoms with Gasteiger partial charge in [0.15, 0.2) is 11.5 Å². The van der Waals surface area contributed by atoms with E-state index >= 15 is 0 Å². The fraction of sp³-hybridized carbons (Fsp3) is 0.353. The topological polar surface area (TPSA) is 62.8 Å². The largest absolute Gasteiger partial charge is 0.454 e. The number of urea groups is 1. The Hall–Kier alpha value is -2.25. The summed E-state index contributed by atoms with van der Waals surface area (Å²) >= 11 is 1.66. The van der Waals surface area contributed by atoms with E-state index in [9.17, 15) is 4.79 Å². The van der Waals surface area contributed by atoms with Crippen LogP contribution in [0.4, 0.5) is 4.79 Å². The van der Waals surface area contributed by atoms with Gasteiger partial charge < -0.3 is 25.0 Å². The van der Waals surface area contributed by atoms with E-state index in [1.54, 1.807) is 11.3 Å². The third-order valence-electron chi connectivity index (χ3n) is 3.90. The quantitative estimate of drug-likeness (QED) is 0.843. The third kappa shape index (κ3) is 3.98. The maximum atomic E-state index is 12.1. The van der Waals surface area contributed by atoms with Gasteiger partial charge in [0.05, 0.1) is 6.04 Å². The van der Waals surface area contributed by atoms with Gasteiger partial charge in [-0.3, -0.25) is 0 Å². The number of ether oxygens (including phenoxy) is 2. The lowest BCUT2D eigenvalue weighted by atomic mass is 10.1. The molecule has 7 heteroatoms. The summed E-state index contributed by atoms with van der Waals surface area (Å²) in [5, 5.41) is 9.95. The SMILES string of the molecule is CN(C)C(CNC(=O)NCc1ccc2c(c1)OCO2)c1ccsc1. The predicted molar refractivity (Wildman–Crippen MR) is 93.6 cm³/mol. The molecule has 128 valence electrons. The fourth-order valence-electron chi connectivity index (χ4n) is 2.55. The first-order valence-electron chi connectivity index (χ1n) is 7.72. The van der Waals surface area contributed by atoms with Gasteiger partial charge in [-0.15, -0.1) is 0 Å². The molecule has 0 fully saturated rings. The summed E-state index contributed by atoms with van der Waals surface area (Å²) in [5.74, 6) is 1.47. The molecule has 0 bridgehead atoms. The molecule has 6 nitrogen and oxygen atoms in total. The van der Waals surface area contributed by atoms with E-state index in [1.807, 2.05) is 37.7 Å². The highest BCUT2D eigenvalue weighted by Crippen LogP contribution is 2.32. The predicted octanol–water partition coefficient (Wildman–Crippen LogP) is 2.58. The molecule has 1 atom stereocenters. The lowest BCUT2D eigenvalue weighted by molar-refractivity contribution is 0.174. The van der Waals surface area contributed by atoms with Gasteiger partial charge in [-0.1, -0.05) is 6.07 Å².